The fraction of sp³-hybridized carbons (Fsp3) is 0. The van der Waals surface area contributed by atoms with Crippen LogP contribution in [-0.2, 0) is 4.28 Å². The Hall–Kier alpha value is -0.760. The van der Waals surface area contributed by atoms with E-state index in [9.17, 15) is 0 Å². The van der Waals surface area contributed by atoms with E-state index < -0.39 is 0 Å². The quantitative estimate of drug-likeness (QED) is 0.171. The van der Waals surface area contributed by atoms with Gasteiger partial charge in [0.1, 0.15) is 0 Å². The van der Waals surface area contributed by atoms with Gasteiger partial charge in [-0.1, -0.05) is 0 Å². The first-order valence-corrected chi connectivity index (χ1v) is 1.70. The molecule has 0 atom stereocenters. The molecule has 0 spiro atoms. The summed E-state index contributed by atoms with van der Waals surface area (Å²) in [4.78, 5) is 8.92. The molecule has 0 aromatic rings. The Labute approximate surface area is 38.2 Å². The molecule has 0 aliphatic carbocycles. The Morgan fingerprint density at radius 3 is 2.83 bits per heavy atom. The van der Waals surface area contributed by atoms with Crippen LogP contribution in [0.3, 0.4) is 0 Å². The molecular formula is CN2O2S. The maximum atomic E-state index is 8.92. The SMILES string of the molecule is N#CSON=O. The van der Waals surface area contributed by atoms with Crippen molar-refractivity contribution in [2.75, 3.05) is 0 Å². The second-order valence-electron chi connectivity index (χ2n) is 0.324. The third kappa shape index (κ3) is 3.24. The zero-order valence-corrected chi connectivity index (χ0v) is 3.44. The van der Waals surface area contributed by atoms with E-state index in [1.165, 1.54) is 5.40 Å². The van der Waals surface area contributed by atoms with Crippen LogP contribution in [0.5, 0.6) is 0 Å². The van der Waals surface area contributed by atoms with Gasteiger partial charge in [0.25, 0.3) is 0 Å². The van der Waals surface area contributed by atoms with Crippen LogP contribution in [0.1, 0.15) is 0 Å². The van der Waals surface area contributed by atoms with Gasteiger partial charge in [0.15, 0.2) is 10.7 Å². The lowest BCUT2D eigenvalue weighted by molar-refractivity contribution is 0.402. The van der Waals surface area contributed by atoms with E-state index in [0.29, 0.717) is 12.0 Å². The molecule has 0 heterocycles. The molecular weight excluding hydrogens is 104 g/mol. The molecule has 0 unspecified atom stereocenters. The van der Waals surface area contributed by atoms with Crippen LogP contribution in [-0.4, -0.2) is 0 Å². The van der Waals surface area contributed by atoms with Crippen molar-refractivity contribution >= 4 is 12.0 Å². The van der Waals surface area contributed by atoms with E-state index in [-0.39, 0.29) is 0 Å². The summed E-state index contributed by atoms with van der Waals surface area (Å²) < 4.78 is 3.61. The van der Waals surface area contributed by atoms with E-state index in [0.717, 1.165) is 0 Å². The average molecular weight is 104 g/mol. The maximum absolute atomic E-state index is 8.92. The van der Waals surface area contributed by atoms with Crippen molar-refractivity contribution < 1.29 is 4.28 Å². The molecule has 0 aromatic carbocycles. The largest absolute Gasteiger partial charge is 0.271 e. The molecule has 0 saturated heterocycles. The Bertz CT molecular complexity index is 76.1. The molecule has 0 aliphatic heterocycles. The van der Waals surface area contributed by atoms with Gasteiger partial charge in [0.05, 0.1) is 0 Å². The fourth-order valence-electron chi connectivity index (χ4n) is 0.0319. The van der Waals surface area contributed by atoms with Crippen molar-refractivity contribution in [2.24, 2.45) is 5.34 Å². The Balaban J connectivity index is 2.72. The number of nitrogens with zero attached hydrogens (tertiary/aromatic N) is 2. The molecule has 0 radical (unpaired) electrons. The van der Waals surface area contributed by atoms with E-state index in [1.807, 2.05) is 5.34 Å². The summed E-state index contributed by atoms with van der Waals surface area (Å²) in [5, 5.41) is 11.0. The fourth-order valence-corrected chi connectivity index (χ4v) is 0.0956. The second-order valence-corrected chi connectivity index (χ2v) is 0.822. The minimum Gasteiger partial charge on any atom is -0.271 e. The molecule has 0 amide bonds. The average Bonchev–Trinajstić information content (AvgIpc) is 1.61. The number of thiocyanates is 1. The van der Waals surface area contributed by atoms with Crippen LogP contribution < -0.4 is 0 Å². The monoisotopic (exact) mass is 104 g/mol. The predicted molar refractivity (Wildman–Crippen MR) is 20.1 cm³/mol. The molecule has 32 valence electrons. The van der Waals surface area contributed by atoms with Crippen LogP contribution in [0.2, 0.25) is 0 Å². The van der Waals surface area contributed by atoms with Crippen LogP contribution in [0.25, 0.3) is 0 Å². The summed E-state index contributed by atoms with van der Waals surface area (Å²) >= 11 is 0.334. The summed E-state index contributed by atoms with van der Waals surface area (Å²) in [6, 6.07) is 0. The molecule has 0 saturated carbocycles. The van der Waals surface area contributed by atoms with Crippen molar-refractivity contribution in [1.29, 1.82) is 5.26 Å². The molecule has 0 aromatic heterocycles. The first-order chi connectivity index (χ1) is 2.91. The van der Waals surface area contributed by atoms with Crippen LogP contribution in [0.4, 0.5) is 0 Å². The van der Waals surface area contributed by atoms with Gasteiger partial charge in [0, 0.05) is 0 Å². The number of rotatable bonds is 2. The lowest BCUT2D eigenvalue weighted by Crippen LogP contribution is -1.51. The van der Waals surface area contributed by atoms with Gasteiger partial charge in [-0.25, -0.2) is 0 Å². The highest BCUT2D eigenvalue weighted by atomic mass is 32.2. The summed E-state index contributed by atoms with van der Waals surface area (Å²) in [7, 11) is 0. The Morgan fingerprint density at radius 1 is 2.00 bits per heavy atom. The molecule has 0 bridgehead atoms. The minimum atomic E-state index is 0.334. The molecule has 4 nitrogen and oxygen atoms in total. The molecule has 0 aliphatic rings. The first-order valence-electron chi connectivity index (χ1n) is 0.960. The summed E-state index contributed by atoms with van der Waals surface area (Å²) in [6.07, 6.45) is 0. The minimum absolute atomic E-state index is 0.334. The molecule has 0 rings (SSSR count). The smallest absolute Gasteiger partial charge is 0.210 e. The van der Waals surface area contributed by atoms with Crippen molar-refractivity contribution in [3.63, 3.8) is 0 Å². The Morgan fingerprint density at radius 2 is 2.67 bits per heavy atom. The summed E-state index contributed by atoms with van der Waals surface area (Å²) in [6.45, 7) is 0. The summed E-state index contributed by atoms with van der Waals surface area (Å²) in [5.74, 6) is 0. The van der Waals surface area contributed by atoms with Gasteiger partial charge < -0.3 is 0 Å². The van der Waals surface area contributed by atoms with Gasteiger partial charge in [-0.15, -0.1) is 4.91 Å². The van der Waals surface area contributed by atoms with E-state index in [4.69, 9.17) is 10.2 Å². The van der Waals surface area contributed by atoms with Gasteiger partial charge in [-0.3, -0.25) is 4.28 Å². The first kappa shape index (κ1) is 5.24. The van der Waals surface area contributed by atoms with Gasteiger partial charge in [-0.2, -0.15) is 5.26 Å². The highest BCUT2D eigenvalue weighted by molar-refractivity contribution is 7.99. The van der Waals surface area contributed by atoms with Gasteiger partial charge in [-0.05, 0) is 0 Å². The number of hydrogen-bond donors (Lipinski definition) is 0. The van der Waals surface area contributed by atoms with E-state index >= 15 is 0 Å². The van der Waals surface area contributed by atoms with E-state index in [1.54, 1.807) is 0 Å². The van der Waals surface area contributed by atoms with Crippen LogP contribution in [0, 0.1) is 15.6 Å². The van der Waals surface area contributed by atoms with Gasteiger partial charge >= 0.3 is 0 Å². The van der Waals surface area contributed by atoms with Crippen molar-refractivity contribution in [3.05, 3.63) is 4.91 Å². The standard InChI is InChI=1S/CN2O2S/c2-1-6-5-3-4. The lowest BCUT2D eigenvalue weighted by Gasteiger charge is -1.69. The highest BCUT2D eigenvalue weighted by Gasteiger charge is 1.74. The number of nitriles is 1. The lowest BCUT2D eigenvalue weighted by atomic mass is 11.8. The Kier molecular flexibility index (Phi) is 3.70. The third-order valence-electron chi connectivity index (χ3n) is 0.105. The van der Waals surface area contributed by atoms with Crippen molar-refractivity contribution in [3.8, 4) is 5.40 Å². The predicted octanol–water partition coefficient (Wildman–Crippen LogP) is 0.814. The zero-order chi connectivity index (χ0) is 4.83. The number of hydrogen-bond acceptors (Lipinski definition) is 5. The zero-order valence-electron chi connectivity index (χ0n) is 2.62. The third-order valence-corrected chi connectivity index (χ3v) is 0.315. The van der Waals surface area contributed by atoms with Crippen molar-refractivity contribution in [1.82, 2.24) is 0 Å². The topological polar surface area (TPSA) is 62.4 Å². The second kappa shape index (κ2) is 4.24. The van der Waals surface area contributed by atoms with Crippen molar-refractivity contribution in [2.45, 2.75) is 0 Å². The normalized spacial score (nSPS) is 5.83. The van der Waals surface area contributed by atoms with Gasteiger partial charge in [0.2, 0.25) is 12.0 Å². The maximum Gasteiger partial charge on any atom is 0.210 e. The molecule has 0 N–H and O–H groups in total. The highest BCUT2D eigenvalue weighted by Crippen LogP contribution is 1.95. The van der Waals surface area contributed by atoms with Crippen LogP contribution in [0.15, 0.2) is 5.34 Å². The molecule has 6 heavy (non-hydrogen) atoms. The molecule has 5 heteroatoms. The van der Waals surface area contributed by atoms with Crippen LogP contribution >= 0.6 is 12.0 Å². The molecule has 0 fully saturated rings. The summed E-state index contributed by atoms with van der Waals surface area (Å²) in [5.41, 5.74) is 0. The van der Waals surface area contributed by atoms with E-state index in [2.05, 4.69) is 4.28 Å².